The van der Waals surface area contributed by atoms with Gasteiger partial charge in [-0.3, -0.25) is 0 Å². The fraction of sp³-hybridized carbons (Fsp3) is 1.00. The Labute approximate surface area is 86.1 Å². The largest absolute Gasteiger partial charge is 0.229 e. The molecule has 0 aromatic rings. The molecule has 2 saturated carbocycles. The van der Waals surface area contributed by atoms with E-state index in [2.05, 4.69) is 13.8 Å². The number of nitrogens with two attached hydrogens (primary N) is 1. The Balaban J connectivity index is 1.82. The highest BCUT2D eigenvalue weighted by atomic mass is 32.2. The Morgan fingerprint density at radius 3 is 2.14 bits per heavy atom. The summed E-state index contributed by atoms with van der Waals surface area (Å²) in [5, 5.41) is 5.02. The fourth-order valence-corrected chi connectivity index (χ4v) is 4.77. The van der Waals surface area contributed by atoms with E-state index in [-0.39, 0.29) is 5.75 Å². The summed E-state index contributed by atoms with van der Waals surface area (Å²) in [6.45, 7) is 4.57. The monoisotopic (exact) mass is 217 g/mol. The molecule has 0 saturated heterocycles. The molecule has 0 aliphatic heterocycles. The molecule has 2 N–H and O–H groups in total. The molecule has 0 heterocycles. The molecule has 0 unspecified atom stereocenters. The van der Waals surface area contributed by atoms with Gasteiger partial charge < -0.3 is 0 Å². The van der Waals surface area contributed by atoms with E-state index in [0.717, 1.165) is 12.8 Å². The van der Waals surface area contributed by atoms with Crippen molar-refractivity contribution < 1.29 is 8.42 Å². The highest BCUT2D eigenvalue weighted by molar-refractivity contribution is 7.89. The first-order valence-corrected chi connectivity index (χ1v) is 6.92. The van der Waals surface area contributed by atoms with Crippen molar-refractivity contribution in [2.75, 3.05) is 5.75 Å². The summed E-state index contributed by atoms with van der Waals surface area (Å²) in [6.07, 6.45) is 4.68. The number of primary sulfonamides is 1. The normalized spacial score (nSPS) is 29.6. The second-order valence-electron chi connectivity index (χ2n) is 6.12. The van der Waals surface area contributed by atoms with Gasteiger partial charge in [0.05, 0.1) is 5.75 Å². The van der Waals surface area contributed by atoms with E-state index in [1.165, 1.54) is 12.8 Å². The summed E-state index contributed by atoms with van der Waals surface area (Å²) in [5.41, 5.74) is 0.991. The second kappa shape index (κ2) is 2.73. The third kappa shape index (κ3) is 1.96. The van der Waals surface area contributed by atoms with Crippen molar-refractivity contribution in [3.63, 3.8) is 0 Å². The molecular formula is C10H19NO2S. The van der Waals surface area contributed by atoms with Crippen LogP contribution in [-0.2, 0) is 10.0 Å². The van der Waals surface area contributed by atoms with E-state index >= 15 is 0 Å². The first kappa shape index (κ1) is 10.4. The number of sulfonamides is 1. The van der Waals surface area contributed by atoms with Crippen molar-refractivity contribution in [3.05, 3.63) is 0 Å². The van der Waals surface area contributed by atoms with E-state index in [4.69, 9.17) is 5.14 Å². The lowest BCUT2D eigenvalue weighted by Gasteiger charge is -2.62. The molecule has 0 atom stereocenters. The van der Waals surface area contributed by atoms with Crippen molar-refractivity contribution in [1.82, 2.24) is 0 Å². The minimum atomic E-state index is -3.25. The Morgan fingerprint density at radius 1 is 1.29 bits per heavy atom. The smallest absolute Gasteiger partial charge is 0.209 e. The molecule has 0 radical (unpaired) electrons. The molecule has 0 aromatic carbocycles. The molecule has 0 aromatic heterocycles. The van der Waals surface area contributed by atoms with Gasteiger partial charge >= 0.3 is 0 Å². The highest BCUT2D eigenvalue weighted by Gasteiger charge is 2.56. The van der Waals surface area contributed by atoms with Gasteiger partial charge in [0, 0.05) is 0 Å². The molecule has 2 fully saturated rings. The fourth-order valence-electron chi connectivity index (χ4n) is 3.88. The van der Waals surface area contributed by atoms with E-state index < -0.39 is 10.0 Å². The van der Waals surface area contributed by atoms with Crippen molar-refractivity contribution >= 4 is 10.0 Å². The van der Waals surface area contributed by atoms with Crippen LogP contribution in [0.25, 0.3) is 0 Å². The lowest BCUT2D eigenvalue weighted by Crippen LogP contribution is -2.52. The molecule has 82 valence electrons. The van der Waals surface area contributed by atoms with Crippen LogP contribution in [0.3, 0.4) is 0 Å². The van der Waals surface area contributed by atoms with Crippen LogP contribution in [0.5, 0.6) is 0 Å². The molecular weight excluding hydrogens is 198 g/mol. The van der Waals surface area contributed by atoms with Crippen LogP contribution >= 0.6 is 0 Å². The first-order chi connectivity index (χ1) is 6.20. The average Bonchev–Trinajstić information content (AvgIpc) is 1.74. The minimum Gasteiger partial charge on any atom is -0.229 e. The molecule has 3 nitrogen and oxygen atoms in total. The van der Waals surface area contributed by atoms with E-state index in [9.17, 15) is 8.42 Å². The standard InChI is InChI=1S/C10H19NO2S/c1-9(2)6-10(7-9)3-8(4-10)5-14(11,12)13/h8H,3-7H2,1-2H3,(H2,11,12,13). The van der Waals surface area contributed by atoms with Gasteiger partial charge in [-0.05, 0) is 42.4 Å². The maximum absolute atomic E-state index is 10.9. The summed E-state index contributed by atoms with van der Waals surface area (Å²) in [4.78, 5) is 0. The number of rotatable bonds is 2. The van der Waals surface area contributed by atoms with Crippen LogP contribution in [0.2, 0.25) is 0 Å². The number of hydrogen-bond donors (Lipinski definition) is 1. The third-order valence-corrected chi connectivity index (χ3v) is 4.55. The van der Waals surface area contributed by atoms with Crippen molar-refractivity contribution in [2.24, 2.45) is 21.9 Å². The van der Waals surface area contributed by atoms with E-state index in [0.29, 0.717) is 16.7 Å². The zero-order chi connectivity index (χ0) is 10.6. The van der Waals surface area contributed by atoms with Crippen LogP contribution in [-0.4, -0.2) is 14.2 Å². The van der Waals surface area contributed by atoms with Crippen LogP contribution in [0.4, 0.5) is 0 Å². The average molecular weight is 217 g/mol. The molecule has 2 aliphatic rings. The summed E-state index contributed by atoms with van der Waals surface area (Å²) < 4.78 is 21.7. The summed E-state index contributed by atoms with van der Waals surface area (Å²) in [7, 11) is -3.25. The predicted molar refractivity (Wildman–Crippen MR) is 56.1 cm³/mol. The Hall–Kier alpha value is -0.0900. The van der Waals surface area contributed by atoms with Gasteiger partial charge in [-0.25, -0.2) is 13.6 Å². The zero-order valence-corrected chi connectivity index (χ0v) is 9.73. The van der Waals surface area contributed by atoms with Crippen molar-refractivity contribution in [3.8, 4) is 0 Å². The summed E-state index contributed by atoms with van der Waals surface area (Å²) >= 11 is 0. The molecule has 2 rings (SSSR count). The van der Waals surface area contributed by atoms with E-state index in [1.54, 1.807) is 0 Å². The zero-order valence-electron chi connectivity index (χ0n) is 8.91. The molecule has 0 amide bonds. The SMILES string of the molecule is CC1(C)CC2(CC(CS(N)(=O)=O)C2)C1. The maximum Gasteiger partial charge on any atom is 0.209 e. The maximum atomic E-state index is 10.9. The predicted octanol–water partition coefficient (Wildman–Crippen LogP) is 1.49. The highest BCUT2D eigenvalue weighted by Crippen LogP contribution is 2.65. The van der Waals surface area contributed by atoms with Crippen molar-refractivity contribution in [1.29, 1.82) is 0 Å². The van der Waals surface area contributed by atoms with Crippen molar-refractivity contribution in [2.45, 2.75) is 39.5 Å². The summed E-state index contributed by atoms with van der Waals surface area (Å²) in [5.74, 6) is 0.524. The first-order valence-electron chi connectivity index (χ1n) is 5.20. The van der Waals surface area contributed by atoms with Gasteiger partial charge in [0.2, 0.25) is 10.0 Å². The Kier molecular flexibility index (Phi) is 2.03. The van der Waals surface area contributed by atoms with Crippen LogP contribution < -0.4 is 5.14 Å². The Bertz CT molecular complexity index is 329. The van der Waals surface area contributed by atoms with Gasteiger partial charge in [0.15, 0.2) is 0 Å². The Morgan fingerprint density at radius 2 is 1.79 bits per heavy atom. The molecule has 0 bridgehead atoms. The molecule has 1 spiro atoms. The van der Waals surface area contributed by atoms with Crippen LogP contribution in [0.15, 0.2) is 0 Å². The van der Waals surface area contributed by atoms with Crippen LogP contribution in [0.1, 0.15) is 39.5 Å². The lowest BCUT2D eigenvalue weighted by atomic mass is 9.44. The van der Waals surface area contributed by atoms with Gasteiger partial charge in [-0.1, -0.05) is 13.8 Å². The topological polar surface area (TPSA) is 60.2 Å². The quantitative estimate of drug-likeness (QED) is 0.761. The van der Waals surface area contributed by atoms with Gasteiger partial charge in [-0.15, -0.1) is 0 Å². The minimum absolute atomic E-state index is 0.190. The number of hydrogen-bond acceptors (Lipinski definition) is 2. The third-order valence-electron chi connectivity index (χ3n) is 3.62. The molecule has 2 aliphatic carbocycles. The molecule has 4 heteroatoms. The van der Waals surface area contributed by atoms with E-state index in [1.807, 2.05) is 0 Å². The lowest BCUT2D eigenvalue weighted by molar-refractivity contribution is -0.104. The second-order valence-corrected chi connectivity index (χ2v) is 7.78. The van der Waals surface area contributed by atoms with Gasteiger partial charge in [0.25, 0.3) is 0 Å². The molecule has 14 heavy (non-hydrogen) atoms. The van der Waals surface area contributed by atoms with Crippen LogP contribution in [0, 0.1) is 16.7 Å². The van der Waals surface area contributed by atoms with Gasteiger partial charge in [0.1, 0.15) is 0 Å². The van der Waals surface area contributed by atoms with Gasteiger partial charge in [-0.2, -0.15) is 0 Å². The summed E-state index contributed by atoms with van der Waals surface area (Å²) in [6, 6.07) is 0.